The first kappa shape index (κ1) is 20.5. The van der Waals surface area contributed by atoms with Crippen molar-refractivity contribution in [3.05, 3.63) is 88.7 Å². The molecule has 3 aromatic carbocycles. The van der Waals surface area contributed by atoms with Crippen LogP contribution in [0.2, 0.25) is 0 Å². The van der Waals surface area contributed by atoms with Crippen molar-refractivity contribution in [2.75, 3.05) is 0 Å². The molecule has 0 aliphatic heterocycles. The van der Waals surface area contributed by atoms with Crippen molar-refractivity contribution in [1.29, 1.82) is 0 Å². The van der Waals surface area contributed by atoms with Gasteiger partial charge in [0.05, 0.1) is 0 Å². The summed E-state index contributed by atoms with van der Waals surface area (Å²) >= 11 is 0. The molecule has 0 amide bonds. The van der Waals surface area contributed by atoms with Crippen molar-refractivity contribution in [1.82, 2.24) is 0 Å². The van der Waals surface area contributed by atoms with Crippen LogP contribution in [-0.4, -0.2) is 0 Å². The average Bonchev–Trinajstić information content (AvgIpc) is 2.78. The first-order valence-electron chi connectivity index (χ1n) is 10.5. The average molecular weight is 410 g/mol. The molecule has 0 saturated heterocycles. The molecule has 3 aromatic rings. The van der Waals surface area contributed by atoms with Crippen molar-refractivity contribution >= 4 is 0 Å². The summed E-state index contributed by atoms with van der Waals surface area (Å²) in [5.74, 6) is -1.91. The Labute approximate surface area is 175 Å². The van der Waals surface area contributed by atoms with Gasteiger partial charge in [0.15, 0.2) is 11.6 Å². The lowest BCUT2D eigenvalue weighted by Crippen LogP contribution is -2.09. The SMILES string of the molecule is Cc1ccc(-c2ccc(COc3ccc(C4CCCCC4)c(F)c3F)cc2)cc1F. The second kappa shape index (κ2) is 8.95. The monoisotopic (exact) mass is 410 g/mol. The highest BCUT2D eigenvalue weighted by Crippen LogP contribution is 2.36. The van der Waals surface area contributed by atoms with Crippen molar-refractivity contribution in [2.45, 2.75) is 51.6 Å². The minimum atomic E-state index is -0.912. The maximum Gasteiger partial charge on any atom is 0.200 e. The van der Waals surface area contributed by atoms with Gasteiger partial charge < -0.3 is 4.74 Å². The molecular weight excluding hydrogens is 385 g/mol. The number of hydrogen-bond donors (Lipinski definition) is 0. The number of hydrogen-bond acceptors (Lipinski definition) is 1. The van der Waals surface area contributed by atoms with Gasteiger partial charge in [0.2, 0.25) is 5.82 Å². The molecule has 0 unspecified atom stereocenters. The van der Waals surface area contributed by atoms with Crippen LogP contribution in [0, 0.1) is 24.4 Å². The summed E-state index contributed by atoms with van der Waals surface area (Å²) in [6.45, 7) is 1.85. The van der Waals surface area contributed by atoms with Gasteiger partial charge in [0.1, 0.15) is 12.4 Å². The Bertz CT molecular complexity index is 1020. The molecule has 1 nitrogen and oxygen atoms in total. The fourth-order valence-electron chi connectivity index (χ4n) is 4.11. The van der Waals surface area contributed by atoms with Gasteiger partial charge >= 0.3 is 0 Å². The Balaban J connectivity index is 1.44. The lowest BCUT2D eigenvalue weighted by Gasteiger charge is -2.23. The molecule has 0 atom stereocenters. The molecule has 0 bridgehead atoms. The van der Waals surface area contributed by atoms with E-state index in [-0.39, 0.29) is 24.1 Å². The Hall–Kier alpha value is -2.75. The first-order chi connectivity index (χ1) is 14.5. The molecule has 4 rings (SSSR count). The molecule has 1 aliphatic carbocycles. The molecule has 0 heterocycles. The summed E-state index contributed by atoms with van der Waals surface area (Å²) in [5.41, 5.74) is 3.56. The second-order valence-corrected chi connectivity index (χ2v) is 8.07. The fourth-order valence-corrected chi connectivity index (χ4v) is 4.11. The Morgan fingerprint density at radius 3 is 2.20 bits per heavy atom. The van der Waals surface area contributed by atoms with E-state index in [1.165, 1.54) is 18.6 Å². The third kappa shape index (κ3) is 4.38. The largest absolute Gasteiger partial charge is 0.486 e. The maximum absolute atomic E-state index is 14.6. The van der Waals surface area contributed by atoms with Crippen LogP contribution < -0.4 is 4.74 Å². The van der Waals surface area contributed by atoms with E-state index in [1.54, 1.807) is 19.1 Å². The Morgan fingerprint density at radius 2 is 1.50 bits per heavy atom. The molecule has 0 spiro atoms. The predicted molar refractivity (Wildman–Crippen MR) is 113 cm³/mol. The van der Waals surface area contributed by atoms with Crippen molar-refractivity contribution < 1.29 is 17.9 Å². The smallest absolute Gasteiger partial charge is 0.200 e. The zero-order valence-corrected chi connectivity index (χ0v) is 17.1. The number of halogens is 3. The van der Waals surface area contributed by atoms with Crippen molar-refractivity contribution in [3.8, 4) is 16.9 Å². The van der Waals surface area contributed by atoms with Gasteiger partial charge in [-0.15, -0.1) is 0 Å². The lowest BCUT2D eigenvalue weighted by molar-refractivity contribution is 0.283. The number of ether oxygens (including phenoxy) is 1. The van der Waals surface area contributed by atoms with E-state index >= 15 is 0 Å². The molecule has 156 valence electrons. The van der Waals surface area contributed by atoms with Crippen LogP contribution in [0.25, 0.3) is 11.1 Å². The quantitative estimate of drug-likeness (QED) is 0.419. The molecule has 0 radical (unpaired) electrons. The third-order valence-corrected chi connectivity index (χ3v) is 5.98. The number of benzene rings is 3. The highest BCUT2D eigenvalue weighted by atomic mass is 19.2. The van der Waals surface area contributed by atoms with Crippen LogP contribution in [0.3, 0.4) is 0 Å². The van der Waals surface area contributed by atoms with E-state index in [9.17, 15) is 13.2 Å². The van der Waals surface area contributed by atoms with Crippen LogP contribution in [-0.2, 0) is 6.61 Å². The van der Waals surface area contributed by atoms with E-state index in [4.69, 9.17) is 4.74 Å². The van der Waals surface area contributed by atoms with Gasteiger partial charge in [-0.25, -0.2) is 8.78 Å². The zero-order chi connectivity index (χ0) is 21.1. The van der Waals surface area contributed by atoms with Crippen LogP contribution in [0.5, 0.6) is 5.75 Å². The van der Waals surface area contributed by atoms with Gasteiger partial charge in [-0.3, -0.25) is 0 Å². The highest BCUT2D eigenvalue weighted by molar-refractivity contribution is 5.64. The molecule has 0 aromatic heterocycles. The van der Waals surface area contributed by atoms with E-state index in [1.807, 2.05) is 30.3 Å². The summed E-state index contributed by atoms with van der Waals surface area (Å²) in [5, 5.41) is 0. The summed E-state index contributed by atoms with van der Waals surface area (Å²) < 4.78 is 48.5. The molecule has 30 heavy (non-hydrogen) atoms. The minimum Gasteiger partial charge on any atom is -0.486 e. The van der Waals surface area contributed by atoms with Gasteiger partial charge in [-0.1, -0.05) is 61.7 Å². The van der Waals surface area contributed by atoms with E-state index in [2.05, 4.69) is 0 Å². The van der Waals surface area contributed by atoms with Crippen LogP contribution in [0.4, 0.5) is 13.2 Å². The maximum atomic E-state index is 14.6. The highest BCUT2D eigenvalue weighted by Gasteiger charge is 2.23. The molecule has 1 aliphatic rings. The van der Waals surface area contributed by atoms with E-state index < -0.39 is 11.6 Å². The first-order valence-corrected chi connectivity index (χ1v) is 10.5. The minimum absolute atomic E-state index is 0.0725. The molecule has 1 saturated carbocycles. The molecule has 1 fully saturated rings. The van der Waals surface area contributed by atoms with Crippen LogP contribution in [0.1, 0.15) is 54.7 Å². The van der Waals surface area contributed by atoms with Crippen LogP contribution in [0.15, 0.2) is 54.6 Å². The topological polar surface area (TPSA) is 9.23 Å². The second-order valence-electron chi connectivity index (χ2n) is 8.07. The predicted octanol–water partition coefficient (Wildman–Crippen LogP) is 7.71. The van der Waals surface area contributed by atoms with Gasteiger partial charge in [-0.2, -0.15) is 4.39 Å². The Kier molecular flexibility index (Phi) is 6.12. The van der Waals surface area contributed by atoms with Gasteiger partial charge in [0.25, 0.3) is 0 Å². The van der Waals surface area contributed by atoms with E-state index in [0.29, 0.717) is 11.1 Å². The standard InChI is InChI=1S/C26H25F3O/c1-17-7-10-21(15-23(17)27)19-11-8-18(9-12-19)16-30-24-14-13-22(25(28)26(24)29)20-5-3-2-4-6-20/h7-15,20H,2-6,16H2,1H3. The third-order valence-electron chi connectivity index (χ3n) is 5.98. The fraction of sp³-hybridized carbons (Fsp3) is 0.308. The summed E-state index contributed by atoms with van der Waals surface area (Å²) in [6.07, 6.45) is 5.12. The number of rotatable bonds is 5. The van der Waals surface area contributed by atoms with Gasteiger partial charge in [-0.05, 0) is 65.6 Å². The summed E-state index contributed by atoms with van der Waals surface area (Å²) in [7, 11) is 0. The normalized spacial score (nSPS) is 14.7. The molecular formula is C26H25F3O. The van der Waals surface area contributed by atoms with Crippen LogP contribution >= 0.6 is 0 Å². The zero-order valence-electron chi connectivity index (χ0n) is 17.1. The van der Waals surface area contributed by atoms with E-state index in [0.717, 1.165) is 42.4 Å². The Morgan fingerprint density at radius 1 is 0.800 bits per heavy atom. The van der Waals surface area contributed by atoms with Crippen molar-refractivity contribution in [2.24, 2.45) is 0 Å². The van der Waals surface area contributed by atoms with Gasteiger partial charge in [0, 0.05) is 0 Å². The lowest BCUT2D eigenvalue weighted by atomic mass is 9.84. The summed E-state index contributed by atoms with van der Waals surface area (Å²) in [4.78, 5) is 0. The number of aryl methyl sites for hydroxylation is 1. The van der Waals surface area contributed by atoms with Crippen molar-refractivity contribution in [3.63, 3.8) is 0 Å². The molecule has 0 N–H and O–H groups in total. The molecule has 4 heteroatoms. The summed E-state index contributed by atoms with van der Waals surface area (Å²) in [6, 6.07) is 15.7.